The summed E-state index contributed by atoms with van der Waals surface area (Å²) in [4.78, 5) is 41.1. The number of hydrogen-bond donors (Lipinski definition) is 1. The third kappa shape index (κ3) is 5.01. The van der Waals surface area contributed by atoms with Crippen LogP contribution in [0.3, 0.4) is 0 Å². The molecule has 5 rings (SSSR count). The number of aromatic amines is 1. The monoisotopic (exact) mass is 480 g/mol. The minimum Gasteiger partial charge on any atom is -0.444 e. The lowest BCUT2D eigenvalue weighted by Crippen LogP contribution is -2.35. The molecule has 3 aromatic rings. The van der Waals surface area contributed by atoms with Gasteiger partial charge in [0.2, 0.25) is 0 Å². The molecule has 10 nitrogen and oxygen atoms in total. The smallest absolute Gasteiger partial charge is 0.410 e. The number of rotatable bonds is 6. The van der Waals surface area contributed by atoms with E-state index in [-0.39, 0.29) is 11.9 Å². The summed E-state index contributed by atoms with van der Waals surface area (Å²) in [6.45, 7) is 8.29. The predicted octanol–water partition coefficient (Wildman–Crippen LogP) is 4.12. The van der Waals surface area contributed by atoms with Crippen LogP contribution in [0.1, 0.15) is 68.3 Å². The number of likely N-dealkylation sites (tertiary alicyclic amines) is 1. The lowest BCUT2D eigenvalue weighted by molar-refractivity contribution is 0.0287. The number of ether oxygens (including phenoxy) is 1. The van der Waals surface area contributed by atoms with Crippen LogP contribution in [0.25, 0.3) is 11.0 Å². The average Bonchev–Trinajstić information content (AvgIpc) is 3.56. The van der Waals surface area contributed by atoms with Crippen molar-refractivity contribution in [3.63, 3.8) is 0 Å². The molecule has 10 heteroatoms. The van der Waals surface area contributed by atoms with Crippen molar-refractivity contribution in [2.24, 2.45) is 5.92 Å². The molecule has 0 aliphatic carbocycles. The van der Waals surface area contributed by atoms with Crippen LogP contribution in [0, 0.1) is 5.92 Å². The third-order valence-corrected chi connectivity index (χ3v) is 6.68. The fraction of sp³-hybridized carbons (Fsp3) is 0.560. The molecular formula is C25H32N6O4. The molecule has 1 saturated heterocycles. The van der Waals surface area contributed by atoms with Crippen LogP contribution in [0.4, 0.5) is 10.6 Å². The molecule has 0 aromatic carbocycles. The van der Waals surface area contributed by atoms with E-state index in [1.54, 1.807) is 11.2 Å². The highest BCUT2D eigenvalue weighted by Crippen LogP contribution is 2.30. The van der Waals surface area contributed by atoms with Crippen molar-refractivity contribution in [3.8, 4) is 0 Å². The van der Waals surface area contributed by atoms with Crippen LogP contribution in [-0.2, 0) is 17.7 Å². The fourth-order valence-electron chi connectivity index (χ4n) is 4.95. The molecule has 0 radical (unpaired) electrons. The number of amides is 1. The molecule has 5 heterocycles. The molecule has 186 valence electrons. The molecule has 1 atom stereocenters. The Balaban J connectivity index is 1.16. The van der Waals surface area contributed by atoms with Crippen molar-refractivity contribution >= 4 is 28.7 Å². The number of Topliss-reactive ketones (excluding diaryl/α,β-unsaturated/α-hetero) is 1. The number of fused-ring (bicyclic) bond motifs is 2. The topological polar surface area (TPSA) is 117 Å². The van der Waals surface area contributed by atoms with Gasteiger partial charge in [-0.15, -0.1) is 0 Å². The minimum atomic E-state index is -0.491. The van der Waals surface area contributed by atoms with E-state index >= 15 is 0 Å². The van der Waals surface area contributed by atoms with Crippen LogP contribution in [0.15, 0.2) is 23.1 Å². The number of hydrogen-bond acceptors (Lipinski definition) is 8. The van der Waals surface area contributed by atoms with E-state index in [1.165, 1.54) is 0 Å². The summed E-state index contributed by atoms with van der Waals surface area (Å²) in [5.74, 6) is 2.02. The van der Waals surface area contributed by atoms with E-state index in [0.717, 1.165) is 54.0 Å². The Morgan fingerprint density at radius 3 is 2.94 bits per heavy atom. The summed E-state index contributed by atoms with van der Waals surface area (Å²) in [5.41, 5.74) is 1.60. The largest absolute Gasteiger partial charge is 0.444 e. The van der Waals surface area contributed by atoms with Gasteiger partial charge in [-0.25, -0.2) is 14.8 Å². The second-order valence-corrected chi connectivity index (χ2v) is 10.4. The van der Waals surface area contributed by atoms with Gasteiger partial charge in [0.15, 0.2) is 11.5 Å². The van der Waals surface area contributed by atoms with Gasteiger partial charge in [-0.05, 0) is 52.0 Å². The van der Waals surface area contributed by atoms with Crippen LogP contribution in [-0.4, -0.2) is 62.1 Å². The summed E-state index contributed by atoms with van der Waals surface area (Å²) in [6, 6.07) is 1.97. The number of ketones is 1. The Kier molecular flexibility index (Phi) is 6.21. The number of nitrogens with zero attached hydrogens (tertiary/aromatic N) is 5. The minimum absolute atomic E-state index is 0.00771. The van der Waals surface area contributed by atoms with Crippen LogP contribution < -0.4 is 4.90 Å². The zero-order chi connectivity index (χ0) is 24.6. The van der Waals surface area contributed by atoms with Crippen LogP contribution >= 0.6 is 0 Å². The van der Waals surface area contributed by atoms with Gasteiger partial charge in [0.05, 0.1) is 11.9 Å². The van der Waals surface area contributed by atoms with E-state index in [0.29, 0.717) is 44.1 Å². The number of aromatic nitrogens is 4. The quantitative estimate of drug-likeness (QED) is 0.524. The molecule has 0 saturated carbocycles. The molecule has 0 spiro atoms. The fourth-order valence-corrected chi connectivity index (χ4v) is 4.95. The van der Waals surface area contributed by atoms with Gasteiger partial charge in [0.1, 0.15) is 29.2 Å². The maximum atomic E-state index is 13.0. The summed E-state index contributed by atoms with van der Waals surface area (Å²) in [7, 11) is 0. The average molecular weight is 481 g/mol. The highest BCUT2D eigenvalue weighted by Gasteiger charge is 2.31. The molecule has 1 N–H and O–H groups in total. The molecule has 3 aromatic heterocycles. The van der Waals surface area contributed by atoms with Gasteiger partial charge in [-0.3, -0.25) is 4.79 Å². The van der Waals surface area contributed by atoms with Gasteiger partial charge in [0.25, 0.3) is 0 Å². The van der Waals surface area contributed by atoms with E-state index in [2.05, 4.69) is 25.0 Å². The maximum Gasteiger partial charge on any atom is 0.410 e. The van der Waals surface area contributed by atoms with Gasteiger partial charge in [-0.1, -0.05) is 5.16 Å². The number of carbonyl (C=O) groups is 2. The summed E-state index contributed by atoms with van der Waals surface area (Å²) >= 11 is 0. The highest BCUT2D eigenvalue weighted by atomic mass is 16.6. The van der Waals surface area contributed by atoms with Gasteiger partial charge in [-0.2, -0.15) is 0 Å². The molecule has 2 aliphatic rings. The van der Waals surface area contributed by atoms with E-state index in [4.69, 9.17) is 9.26 Å². The summed E-state index contributed by atoms with van der Waals surface area (Å²) in [6.07, 6.45) is 6.83. The number of H-pyrrole nitrogens is 1. The Morgan fingerprint density at radius 2 is 2.11 bits per heavy atom. The van der Waals surface area contributed by atoms with Crippen LogP contribution in [0.2, 0.25) is 0 Å². The summed E-state index contributed by atoms with van der Waals surface area (Å²) < 4.78 is 11.0. The Bertz CT molecular complexity index is 1230. The first-order chi connectivity index (χ1) is 16.8. The van der Waals surface area contributed by atoms with Crippen molar-refractivity contribution in [1.29, 1.82) is 0 Å². The van der Waals surface area contributed by atoms with E-state index < -0.39 is 5.60 Å². The van der Waals surface area contributed by atoms with E-state index in [1.807, 2.05) is 33.0 Å². The van der Waals surface area contributed by atoms with Crippen molar-refractivity contribution in [2.45, 2.75) is 65.0 Å². The maximum absolute atomic E-state index is 13.0. The van der Waals surface area contributed by atoms with Crippen molar-refractivity contribution < 1.29 is 18.8 Å². The Labute approximate surface area is 204 Å². The first-order valence-corrected chi connectivity index (χ1v) is 12.3. The highest BCUT2D eigenvalue weighted by molar-refractivity contribution is 5.96. The normalized spacial score (nSPS) is 18.2. The molecule has 1 amide bonds. The molecule has 1 unspecified atom stereocenters. The SMILES string of the molecule is CC(C)(C)OC(=O)N1CCC(CCCC(=O)c2noc3c2CN(c2ncnc4[nH]ccc24)CC3)C1. The zero-order valence-electron chi connectivity index (χ0n) is 20.5. The first-order valence-electron chi connectivity index (χ1n) is 12.3. The molecule has 0 bridgehead atoms. The first kappa shape index (κ1) is 23.3. The third-order valence-electron chi connectivity index (χ3n) is 6.68. The van der Waals surface area contributed by atoms with Gasteiger partial charge < -0.3 is 24.0 Å². The molecule has 1 fully saturated rings. The van der Waals surface area contributed by atoms with Crippen molar-refractivity contribution in [3.05, 3.63) is 35.6 Å². The lowest BCUT2D eigenvalue weighted by atomic mass is 9.97. The van der Waals surface area contributed by atoms with Crippen molar-refractivity contribution in [1.82, 2.24) is 25.0 Å². The summed E-state index contributed by atoms with van der Waals surface area (Å²) in [5, 5.41) is 5.09. The number of carbonyl (C=O) groups excluding carboxylic acids is 2. The molecule has 35 heavy (non-hydrogen) atoms. The number of anilines is 1. The number of nitrogens with one attached hydrogen (secondary N) is 1. The van der Waals surface area contributed by atoms with Gasteiger partial charge in [0, 0.05) is 44.2 Å². The van der Waals surface area contributed by atoms with E-state index in [9.17, 15) is 9.59 Å². The lowest BCUT2D eigenvalue weighted by Gasteiger charge is -2.27. The molecular weight excluding hydrogens is 448 g/mol. The second-order valence-electron chi connectivity index (χ2n) is 10.4. The predicted molar refractivity (Wildman–Crippen MR) is 129 cm³/mol. The Morgan fingerprint density at radius 1 is 1.26 bits per heavy atom. The second kappa shape index (κ2) is 9.31. The van der Waals surface area contributed by atoms with Crippen LogP contribution in [0.5, 0.6) is 0 Å². The zero-order valence-corrected chi connectivity index (χ0v) is 20.5. The Hall–Kier alpha value is -3.43. The standard InChI is InChI=1S/C25H32N6O4/c1-25(2,3)34-24(33)31-11-8-16(13-31)5-4-6-19(32)21-18-14-30(12-9-20(18)35-29-21)23-17-7-10-26-22(17)27-15-28-23/h7,10,15-16H,4-6,8-9,11-14H2,1-3H3,(H,26,27,28). The molecule has 2 aliphatic heterocycles. The van der Waals surface area contributed by atoms with Crippen molar-refractivity contribution in [2.75, 3.05) is 24.5 Å². The van der Waals surface area contributed by atoms with Gasteiger partial charge >= 0.3 is 6.09 Å².